The van der Waals surface area contributed by atoms with Gasteiger partial charge in [-0.1, -0.05) is 29.8 Å². The van der Waals surface area contributed by atoms with Crippen molar-refractivity contribution in [1.82, 2.24) is 9.88 Å². The van der Waals surface area contributed by atoms with E-state index in [2.05, 4.69) is 47.1 Å². The fourth-order valence-corrected chi connectivity index (χ4v) is 5.17. The Morgan fingerprint density at radius 3 is 3.00 bits per heavy atom. The summed E-state index contributed by atoms with van der Waals surface area (Å²) in [6.07, 6.45) is 5.54. The SMILES string of the molecule is C/C=C1/CN2[C@H]3C[C@H]1[C@H](C=O)[C@@H]2Cc1c3[nH]c2ccccc12. The van der Waals surface area contributed by atoms with Gasteiger partial charge in [-0.05, 0) is 37.3 Å². The van der Waals surface area contributed by atoms with Crippen molar-refractivity contribution in [1.29, 1.82) is 0 Å². The molecule has 0 saturated carbocycles. The van der Waals surface area contributed by atoms with Crippen LogP contribution in [-0.4, -0.2) is 28.8 Å². The molecule has 5 heterocycles. The van der Waals surface area contributed by atoms with Crippen LogP contribution in [0, 0.1) is 11.8 Å². The maximum absolute atomic E-state index is 11.8. The lowest BCUT2D eigenvalue weighted by Gasteiger charge is -2.57. The number of H-pyrrole nitrogens is 1. The second kappa shape index (κ2) is 4.32. The summed E-state index contributed by atoms with van der Waals surface area (Å²) in [5.41, 5.74) is 5.56. The lowest BCUT2D eigenvalue weighted by molar-refractivity contribution is -0.121. The highest BCUT2D eigenvalue weighted by molar-refractivity contribution is 5.85. The van der Waals surface area contributed by atoms with Crippen LogP contribution in [0.25, 0.3) is 10.9 Å². The first kappa shape index (κ1) is 12.7. The van der Waals surface area contributed by atoms with Gasteiger partial charge in [-0.2, -0.15) is 0 Å². The number of nitrogens with one attached hydrogen (secondary N) is 1. The number of aldehydes is 1. The molecule has 0 radical (unpaired) electrons. The number of hydrogen-bond donors (Lipinski definition) is 1. The van der Waals surface area contributed by atoms with Gasteiger partial charge >= 0.3 is 0 Å². The molecule has 0 amide bonds. The second-order valence-corrected chi connectivity index (χ2v) is 6.94. The number of nitrogens with zero attached hydrogens (tertiary/aromatic N) is 1. The van der Waals surface area contributed by atoms with Crippen LogP contribution >= 0.6 is 0 Å². The van der Waals surface area contributed by atoms with E-state index in [1.54, 1.807) is 0 Å². The van der Waals surface area contributed by atoms with Gasteiger partial charge in [-0.15, -0.1) is 0 Å². The molecule has 1 aromatic heterocycles. The Morgan fingerprint density at radius 1 is 1.32 bits per heavy atom. The molecular weight excluding hydrogens is 272 g/mol. The largest absolute Gasteiger partial charge is 0.357 e. The first-order valence-electron chi connectivity index (χ1n) is 8.27. The Labute approximate surface area is 130 Å². The number of rotatable bonds is 1. The van der Waals surface area contributed by atoms with Crippen LogP contribution < -0.4 is 0 Å². The zero-order valence-electron chi connectivity index (χ0n) is 12.8. The van der Waals surface area contributed by atoms with Crippen LogP contribution in [0.4, 0.5) is 0 Å². The molecule has 112 valence electrons. The maximum atomic E-state index is 11.8. The molecular formula is C19H20N2O. The molecule has 1 N–H and O–H groups in total. The third-order valence-electron chi connectivity index (χ3n) is 6.17. The number of hydrogen-bond acceptors (Lipinski definition) is 2. The van der Waals surface area contributed by atoms with Crippen LogP contribution in [0.15, 0.2) is 35.9 Å². The summed E-state index contributed by atoms with van der Waals surface area (Å²) in [4.78, 5) is 18.0. The minimum absolute atomic E-state index is 0.165. The van der Waals surface area contributed by atoms with Gasteiger partial charge in [0.25, 0.3) is 0 Å². The van der Waals surface area contributed by atoms with Gasteiger partial charge in [0.05, 0.1) is 6.04 Å². The number of carbonyl (C=O) groups is 1. The number of carbonyl (C=O) groups excluding carboxylic acids is 1. The van der Waals surface area contributed by atoms with Crippen molar-refractivity contribution in [3.8, 4) is 0 Å². The highest BCUT2D eigenvalue weighted by Crippen LogP contribution is 2.53. The van der Waals surface area contributed by atoms with Crippen LogP contribution in [0.5, 0.6) is 0 Å². The van der Waals surface area contributed by atoms with E-state index in [1.807, 2.05) is 0 Å². The van der Waals surface area contributed by atoms with Gasteiger partial charge in [0.1, 0.15) is 6.29 Å². The van der Waals surface area contributed by atoms with E-state index in [0.29, 0.717) is 18.0 Å². The quantitative estimate of drug-likeness (QED) is 0.647. The van der Waals surface area contributed by atoms with Crippen LogP contribution in [0.3, 0.4) is 0 Å². The normalized spacial score (nSPS) is 37.5. The molecule has 3 nitrogen and oxygen atoms in total. The first-order chi connectivity index (χ1) is 10.8. The minimum Gasteiger partial charge on any atom is -0.357 e. The molecule has 4 bridgehead atoms. The number of fused-ring (bicyclic) bond motifs is 4. The van der Waals surface area contributed by atoms with Crippen molar-refractivity contribution in [2.24, 2.45) is 11.8 Å². The molecule has 3 heteroatoms. The van der Waals surface area contributed by atoms with Crippen LogP contribution in [0.2, 0.25) is 0 Å². The molecule has 1 aromatic carbocycles. The summed E-state index contributed by atoms with van der Waals surface area (Å²) >= 11 is 0. The van der Waals surface area contributed by atoms with E-state index < -0.39 is 0 Å². The molecule has 0 aliphatic carbocycles. The topological polar surface area (TPSA) is 36.1 Å². The third kappa shape index (κ3) is 1.42. The van der Waals surface area contributed by atoms with Crippen molar-refractivity contribution in [2.75, 3.05) is 6.54 Å². The Balaban J connectivity index is 1.70. The number of piperidine rings is 3. The summed E-state index contributed by atoms with van der Waals surface area (Å²) in [7, 11) is 0. The highest BCUT2D eigenvalue weighted by atomic mass is 16.1. The molecule has 2 aromatic rings. The Bertz CT molecular complexity index is 803. The van der Waals surface area contributed by atoms with E-state index >= 15 is 0 Å². The molecule has 6 rings (SSSR count). The Hall–Kier alpha value is -1.87. The van der Waals surface area contributed by atoms with E-state index in [-0.39, 0.29) is 5.92 Å². The molecule has 4 aliphatic heterocycles. The van der Waals surface area contributed by atoms with E-state index in [4.69, 9.17) is 0 Å². The molecule has 5 atom stereocenters. The van der Waals surface area contributed by atoms with Gasteiger partial charge in [-0.25, -0.2) is 0 Å². The van der Waals surface area contributed by atoms with Gasteiger partial charge in [-0.3, -0.25) is 4.90 Å². The third-order valence-corrected chi connectivity index (χ3v) is 6.17. The fourth-order valence-electron chi connectivity index (χ4n) is 5.17. The van der Waals surface area contributed by atoms with Crippen molar-refractivity contribution in [3.63, 3.8) is 0 Å². The maximum Gasteiger partial charge on any atom is 0.125 e. The van der Waals surface area contributed by atoms with Gasteiger partial charge in [0, 0.05) is 35.1 Å². The molecule has 0 spiro atoms. The lowest BCUT2D eigenvalue weighted by atomic mass is 9.64. The number of benzene rings is 1. The molecule has 22 heavy (non-hydrogen) atoms. The fraction of sp³-hybridized carbons (Fsp3) is 0.421. The number of aromatic nitrogens is 1. The summed E-state index contributed by atoms with van der Waals surface area (Å²) < 4.78 is 0. The Kier molecular flexibility index (Phi) is 2.49. The minimum atomic E-state index is 0.165. The predicted molar refractivity (Wildman–Crippen MR) is 86.7 cm³/mol. The van der Waals surface area contributed by atoms with E-state index in [0.717, 1.165) is 19.4 Å². The van der Waals surface area contributed by atoms with Gasteiger partial charge in [0.15, 0.2) is 0 Å². The van der Waals surface area contributed by atoms with Crippen molar-refractivity contribution < 1.29 is 4.79 Å². The second-order valence-electron chi connectivity index (χ2n) is 6.94. The predicted octanol–water partition coefficient (Wildman–Crippen LogP) is 3.23. The van der Waals surface area contributed by atoms with Crippen LogP contribution in [-0.2, 0) is 11.2 Å². The molecule has 3 fully saturated rings. The number of aromatic amines is 1. The van der Waals surface area contributed by atoms with Crippen molar-refractivity contribution in [3.05, 3.63) is 47.2 Å². The van der Waals surface area contributed by atoms with E-state index in [9.17, 15) is 4.79 Å². The summed E-state index contributed by atoms with van der Waals surface area (Å²) in [6.45, 7) is 3.15. The highest BCUT2D eigenvalue weighted by Gasteiger charge is 2.52. The smallest absolute Gasteiger partial charge is 0.125 e. The summed E-state index contributed by atoms with van der Waals surface area (Å²) in [5, 5.41) is 1.35. The summed E-state index contributed by atoms with van der Waals surface area (Å²) in [6, 6.07) is 9.44. The zero-order valence-corrected chi connectivity index (χ0v) is 12.8. The Morgan fingerprint density at radius 2 is 2.18 bits per heavy atom. The van der Waals surface area contributed by atoms with Crippen molar-refractivity contribution >= 4 is 17.2 Å². The molecule has 3 saturated heterocycles. The zero-order chi connectivity index (χ0) is 14.8. The van der Waals surface area contributed by atoms with Gasteiger partial charge in [0.2, 0.25) is 0 Å². The lowest BCUT2D eigenvalue weighted by Crippen LogP contribution is -2.60. The molecule has 4 aliphatic rings. The monoisotopic (exact) mass is 292 g/mol. The molecule has 1 unspecified atom stereocenters. The van der Waals surface area contributed by atoms with E-state index in [1.165, 1.54) is 34.0 Å². The number of allylic oxidation sites excluding steroid dienone is 1. The average Bonchev–Trinajstić information content (AvgIpc) is 2.93. The van der Waals surface area contributed by atoms with Gasteiger partial charge < -0.3 is 9.78 Å². The first-order valence-corrected chi connectivity index (χ1v) is 8.27. The van der Waals surface area contributed by atoms with Crippen molar-refractivity contribution in [2.45, 2.75) is 31.8 Å². The standard InChI is InChI=1S/C19H20N2O/c1-2-11-9-21-17-8-14-12-5-3-4-6-16(12)20-19(14)18(21)7-13(11)15(17)10-22/h2-6,10,13,15,17-18,20H,7-9H2,1H3/b11-2-/t13-,15+,17+,18+/m1/s1. The average molecular weight is 292 g/mol. The number of para-hydroxylation sites is 1. The van der Waals surface area contributed by atoms with Crippen LogP contribution in [0.1, 0.15) is 30.6 Å². The summed E-state index contributed by atoms with van der Waals surface area (Å²) in [5.74, 6) is 0.611.